The Morgan fingerprint density at radius 3 is 1.75 bits per heavy atom. The topological polar surface area (TPSA) is 23.8 Å². The molecule has 0 N–H and O–H groups in total. The molecule has 0 aliphatic rings. The summed E-state index contributed by atoms with van der Waals surface area (Å²) in [6.45, 7) is 0. The molecule has 0 aromatic heterocycles. The molecular weight excluding hydrogens is 129 g/mol. The third-order valence-corrected chi connectivity index (χ3v) is 0. The van der Waals surface area contributed by atoms with Gasteiger partial charge in [0.1, 0.15) is 0 Å². The van der Waals surface area contributed by atoms with Gasteiger partial charge in [0.25, 0.3) is 0 Å². The Kier molecular flexibility index (Phi) is 20.9. The van der Waals surface area contributed by atoms with Crippen molar-refractivity contribution in [3.05, 3.63) is 0 Å². The van der Waals surface area contributed by atoms with Gasteiger partial charge < -0.3 is 0 Å². The van der Waals surface area contributed by atoms with E-state index in [9.17, 15) is 0 Å². The van der Waals surface area contributed by atoms with Crippen molar-refractivity contribution in [1.29, 1.82) is 5.26 Å². The second-order valence-corrected chi connectivity index (χ2v) is 0.376. The first kappa shape index (κ1) is 8.82. The monoisotopic (exact) mass is 129 g/mol. The van der Waals surface area contributed by atoms with Crippen molar-refractivity contribution in [2.24, 2.45) is 0 Å². The molecule has 1 nitrogen and oxygen atoms in total. The van der Waals surface area contributed by atoms with Gasteiger partial charge in [-0.15, -0.1) is 0 Å². The van der Waals surface area contributed by atoms with Gasteiger partial charge in [-0.1, -0.05) is 0 Å². The van der Waals surface area contributed by atoms with E-state index in [2.05, 4.69) is 16.3 Å². The molecule has 0 amide bonds. The van der Waals surface area contributed by atoms with Gasteiger partial charge in [-0.2, -0.15) is 0 Å². The molecular formula is CCrNV. The van der Waals surface area contributed by atoms with Gasteiger partial charge in [-0.3, -0.25) is 0 Å². The quantitative estimate of drug-likeness (QED) is 0.452. The third-order valence-electron chi connectivity index (χ3n) is 0. The van der Waals surface area contributed by atoms with Crippen molar-refractivity contribution < 1.29 is 34.8 Å². The average molecular weight is 129 g/mol. The van der Waals surface area contributed by atoms with Crippen LogP contribution >= 0.6 is 0 Å². The molecule has 0 rings (SSSR count). The van der Waals surface area contributed by atoms with E-state index in [0.29, 0.717) is 0 Å². The molecule has 0 aromatic rings. The van der Waals surface area contributed by atoms with Gasteiger partial charge >= 0.3 is 26.5 Å². The predicted octanol–water partition coefficient (Wildman–Crippen LogP) is 0.0118. The zero-order valence-electron chi connectivity index (χ0n) is 1.80. The number of hydrogen-bond donors (Lipinski definition) is 0. The first-order valence-electron chi connectivity index (χ1n) is 0.428. The van der Waals surface area contributed by atoms with Crippen LogP contribution in [0, 0.1) is 10.2 Å². The number of hydrogen-bond acceptors (Lipinski definition) is 1. The molecule has 0 fully saturated rings. The summed E-state index contributed by atoms with van der Waals surface area (Å²) in [5, 5.41) is 7.26. The molecule has 0 saturated carbocycles. The summed E-state index contributed by atoms with van der Waals surface area (Å²) in [5.41, 5.74) is 0. The molecule has 0 saturated heterocycles. The molecule has 3 heteroatoms. The van der Waals surface area contributed by atoms with Gasteiger partial charge in [-0.25, -0.2) is 0 Å². The van der Waals surface area contributed by atoms with E-state index in [0.717, 1.165) is 0 Å². The number of rotatable bonds is 0. The smallest absolute Gasteiger partial charge is 0 e. The maximum absolute atomic E-state index is 7.26. The Morgan fingerprint density at radius 1 is 1.75 bits per heavy atom. The van der Waals surface area contributed by atoms with Crippen LogP contribution in [-0.4, -0.2) is 0 Å². The van der Waals surface area contributed by atoms with E-state index in [4.69, 9.17) is 5.26 Å². The van der Waals surface area contributed by atoms with E-state index >= 15 is 0 Å². The largest absolute Gasteiger partial charge is 0 e. The second kappa shape index (κ2) is 9.49. The molecule has 0 aliphatic heterocycles. The van der Waals surface area contributed by atoms with E-state index in [-0.39, 0.29) is 18.6 Å². The standard InChI is InChI=1S/CN.Cr.V/c1-2;;. The summed E-state index contributed by atoms with van der Waals surface area (Å²) in [6.07, 6.45) is 0. The molecule has 0 aliphatic carbocycles. The minimum absolute atomic E-state index is 0. The fourth-order valence-corrected chi connectivity index (χ4v) is 0. The van der Waals surface area contributed by atoms with Gasteiger partial charge in [0.2, 0.25) is 0 Å². The van der Waals surface area contributed by atoms with Crippen molar-refractivity contribution in [2.45, 2.75) is 0 Å². The summed E-state index contributed by atoms with van der Waals surface area (Å²) in [5.74, 6) is 0. The van der Waals surface area contributed by atoms with Crippen LogP contribution in [0.3, 0.4) is 0 Å². The van der Waals surface area contributed by atoms with E-state index in [1.165, 1.54) is 0 Å². The van der Waals surface area contributed by atoms with Crippen molar-refractivity contribution in [3.8, 4) is 4.93 Å². The fraction of sp³-hybridized carbons (Fsp3) is 0. The molecule has 0 unspecified atom stereocenters. The summed E-state index contributed by atoms with van der Waals surface area (Å²) >= 11 is 2.11. The zero-order chi connectivity index (χ0) is 2.71. The molecule has 0 bridgehead atoms. The van der Waals surface area contributed by atoms with E-state index < -0.39 is 0 Å². The summed E-state index contributed by atoms with van der Waals surface area (Å²) in [4.78, 5) is 1.62. The van der Waals surface area contributed by atoms with Crippen LogP contribution in [0.25, 0.3) is 0 Å². The minimum Gasteiger partial charge on any atom is 0 e. The van der Waals surface area contributed by atoms with Crippen LogP contribution in [-0.2, 0) is 34.8 Å². The first-order valence-corrected chi connectivity index (χ1v) is 1.07. The first-order chi connectivity index (χ1) is 1.41. The van der Waals surface area contributed by atoms with Crippen molar-refractivity contribution in [1.82, 2.24) is 0 Å². The van der Waals surface area contributed by atoms with Crippen molar-refractivity contribution in [2.75, 3.05) is 0 Å². The van der Waals surface area contributed by atoms with Crippen LogP contribution in [0.2, 0.25) is 0 Å². The molecule has 1 radical (unpaired) electrons. The maximum Gasteiger partial charge on any atom is 0 e. The molecule has 4 heavy (non-hydrogen) atoms. The van der Waals surface area contributed by atoms with E-state index in [1.54, 1.807) is 4.93 Å². The zero-order valence-corrected chi connectivity index (χ0v) is 4.47. The molecule has 0 spiro atoms. The van der Waals surface area contributed by atoms with Crippen molar-refractivity contribution in [3.63, 3.8) is 0 Å². The van der Waals surface area contributed by atoms with Crippen molar-refractivity contribution >= 4 is 0 Å². The van der Waals surface area contributed by atoms with Crippen LogP contribution in [0.5, 0.6) is 0 Å². The fourth-order valence-electron chi connectivity index (χ4n) is 0. The minimum atomic E-state index is 0. The van der Waals surface area contributed by atoms with Gasteiger partial charge in [-0.05, 0) is 0 Å². The van der Waals surface area contributed by atoms with Gasteiger partial charge in [0.15, 0.2) is 0 Å². The normalized spacial score (nSPS) is 1.75. The SMILES string of the molecule is N#[C][Cr].[V]. The van der Waals surface area contributed by atoms with Crippen LogP contribution in [0.1, 0.15) is 0 Å². The predicted molar refractivity (Wildman–Crippen MR) is 5.61 cm³/mol. The molecule has 0 atom stereocenters. The molecule has 0 aromatic carbocycles. The number of nitrogens with zero attached hydrogens (tertiary/aromatic N) is 1. The van der Waals surface area contributed by atoms with Gasteiger partial charge in [0, 0.05) is 18.6 Å². The van der Waals surface area contributed by atoms with Gasteiger partial charge in [0.05, 0.1) is 0 Å². The summed E-state index contributed by atoms with van der Waals surface area (Å²) in [7, 11) is 0. The molecule has 20 valence electrons. The Morgan fingerprint density at radius 2 is 1.75 bits per heavy atom. The van der Waals surface area contributed by atoms with Crippen LogP contribution < -0.4 is 0 Å². The summed E-state index contributed by atoms with van der Waals surface area (Å²) < 4.78 is 0. The summed E-state index contributed by atoms with van der Waals surface area (Å²) in [6, 6.07) is 0. The average Bonchev–Trinajstić information content (AvgIpc) is 0.918. The maximum atomic E-state index is 7.26. The van der Waals surface area contributed by atoms with Crippen LogP contribution in [0.15, 0.2) is 0 Å². The Balaban J connectivity index is 0. The van der Waals surface area contributed by atoms with Crippen LogP contribution in [0.4, 0.5) is 0 Å². The Bertz CT molecular complexity index is 29.5. The Hall–Kier alpha value is 0.607. The Labute approximate surface area is 45.3 Å². The third kappa shape index (κ3) is 18.3. The second-order valence-electron chi connectivity index (χ2n) is 0.0913. The van der Waals surface area contributed by atoms with E-state index in [1.807, 2.05) is 0 Å². The molecule has 0 heterocycles. The number of nitriles is 1.